The van der Waals surface area contributed by atoms with E-state index in [1.807, 2.05) is 13.8 Å². The Bertz CT molecular complexity index is 488. The smallest absolute Gasteiger partial charge is 0.313 e. The zero-order valence-electron chi connectivity index (χ0n) is 12.5. The summed E-state index contributed by atoms with van der Waals surface area (Å²) in [6.07, 6.45) is 1.69. The molecular weight excluding hydrogens is 294 g/mol. The lowest BCUT2D eigenvalue weighted by atomic mass is 10.1. The summed E-state index contributed by atoms with van der Waals surface area (Å²) in [5.74, 6) is -0.947. The second-order valence-corrected chi connectivity index (χ2v) is 5.67. The molecule has 1 rings (SSSR count). The second-order valence-electron chi connectivity index (χ2n) is 4.73. The number of aromatic nitrogens is 2. The Morgan fingerprint density at radius 1 is 1.52 bits per heavy atom. The number of nitrogens with one attached hydrogen (secondary N) is 1. The van der Waals surface area contributed by atoms with Crippen LogP contribution in [0.15, 0.2) is 11.4 Å². The lowest BCUT2D eigenvalue weighted by Gasteiger charge is -2.13. The molecule has 0 aliphatic rings. The highest BCUT2D eigenvalue weighted by Crippen LogP contribution is 2.23. The monoisotopic (exact) mass is 315 g/mol. The zero-order valence-corrected chi connectivity index (χ0v) is 13.3. The average molecular weight is 315 g/mol. The number of rotatable bonds is 9. The van der Waals surface area contributed by atoms with Crippen molar-refractivity contribution >= 4 is 23.6 Å². The number of carbonyl (C=O) groups is 2. The number of nitrogens with zero attached hydrogens (tertiary/aromatic N) is 2. The number of aliphatic carboxylic acids is 1. The Kier molecular flexibility index (Phi) is 7.24. The van der Waals surface area contributed by atoms with Crippen molar-refractivity contribution in [3.8, 4) is 0 Å². The van der Waals surface area contributed by atoms with Gasteiger partial charge in [0.25, 0.3) is 0 Å². The van der Waals surface area contributed by atoms with Crippen molar-refractivity contribution in [3.05, 3.63) is 11.9 Å². The molecule has 8 heteroatoms. The van der Waals surface area contributed by atoms with Gasteiger partial charge in [0.15, 0.2) is 5.16 Å². The summed E-state index contributed by atoms with van der Waals surface area (Å²) in [4.78, 5) is 26.8. The summed E-state index contributed by atoms with van der Waals surface area (Å²) in [7, 11) is 1.57. The van der Waals surface area contributed by atoms with Gasteiger partial charge in [0.2, 0.25) is 5.91 Å². The van der Waals surface area contributed by atoms with E-state index in [2.05, 4.69) is 10.3 Å². The van der Waals surface area contributed by atoms with Crippen LogP contribution >= 0.6 is 11.8 Å². The van der Waals surface area contributed by atoms with E-state index in [0.717, 1.165) is 17.5 Å². The number of amides is 1. The molecule has 0 aliphatic carbocycles. The van der Waals surface area contributed by atoms with Crippen molar-refractivity contribution in [2.24, 2.45) is 0 Å². The maximum atomic E-state index is 11.9. The minimum Gasteiger partial charge on any atom is -0.481 e. The third-order valence-electron chi connectivity index (χ3n) is 2.70. The van der Waals surface area contributed by atoms with Crippen molar-refractivity contribution < 1.29 is 19.4 Å². The molecule has 0 aliphatic heterocycles. The highest BCUT2D eigenvalue weighted by atomic mass is 32.2. The lowest BCUT2D eigenvalue weighted by Crippen LogP contribution is -2.31. The molecule has 1 heterocycles. The quantitative estimate of drug-likeness (QED) is 0.520. The molecule has 0 saturated heterocycles. The first-order valence-corrected chi connectivity index (χ1v) is 7.60. The highest BCUT2D eigenvalue weighted by Gasteiger charge is 2.16. The van der Waals surface area contributed by atoms with E-state index in [-0.39, 0.29) is 24.1 Å². The molecule has 0 fully saturated rings. The van der Waals surface area contributed by atoms with Crippen LogP contribution in [0.1, 0.15) is 25.5 Å². The second kappa shape index (κ2) is 8.68. The van der Waals surface area contributed by atoms with Crippen LogP contribution in [0, 0.1) is 0 Å². The van der Waals surface area contributed by atoms with Gasteiger partial charge in [-0.1, -0.05) is 25.6 Å². The van der Waals surface area contributed by atoms with E-state index in [1.165, 1.54) is 0 Å². The molecule has 0 atom stereocenters. The minimum absolute atomic E-state index is 0.0835. The van der Waals surface area contributed by atoms with Crippen molar-refractivity contribution in [1.82, 2.24) is 14.9 Å². The molecule has 0 unspecified atom stereocenters. The number of imidazole rings is 1. The summed E-state index contributed by atoms with van der Waals surface area (Å²) in [5.41, 5.74) is 0.907. The summed E-state index contributed by atoms with van der Waals surface area (Å²) in [6, 6.07) is 0. The Morgan fingerprint density at radius 2 is 2.24 bits per heavy atom. The third kappa shape index (κ3) is 5.76. The van der Waals surface area contributed by atoms with E-state index in [9.17, 15) is 9.59 Å². The maximum absolute atomic E-state index is 11.9. The fraction of sp³-hybridized carbons (Fsp3) is 0.615. The first-order valence-electron chi connectivity index (χ1n) is 6.61. The minimum atomic E-state index is -0.912. The predicted octanol–water partition coefficient (Wildman–Crippen LogP) is 0.946. The van der Waals surface area contributed by atoms with Crippen LogP contribution in [0.2, 0.25) is 0 Å². The van der Waals surface area contributed by atoms with Crippen LogP contribution in [-0.2, 0) is 20.9 Å². The average Bonchev–Trinajstić information content (AvgIpc) is 2.79. The van der Waals surface area contributed by atoms with E-state index >= 15 is 0 Å². The largest absolute Gasteiger partial charge is 0.481 e. The van der Waals surface area contributed by atoms with Gasteiger partial charge in [-0.15, -0.1) is 0 Å². The molecule has 1 amide bonds. The number of hydrogen-bond donors (Lipinski definition) is 2. The number of hydrogen-bond acceptors (Lipinski definition) is 5. The Hall–Kier alpha value is -1.54. The normalized spacial score (nSPS) is 10.9. The SMILES string of the molecule is COCCNC(=O)Cn1c(C(C)C)cnc1SCC(=O)O. The summed E-state index contributed by atoms with van der Waals surface area (Å²) in [6.45, 7) is 5.02. The number of ether oxygens (including phenoxy) is 1. The summed E-state index contributed by atoms with van der Waals surface area (Å²) >= 11 is 1.11. The molecule has 0 spiro atoms. The first-order chi connectivity index (χ1) is 9.95. The Morgan fingerprint density at radius 3 is 2.81 bits per heavy atom. The van der Waals surface area contributed by atoms with Gasteiger partial charge in [-0.05, 0) is 5.92 Å². The number of methoxy groups -OCH3 is 1. The van der Waals surface area contributed by atoms with E-state index < -0.39 is 5.97 Å². The number of thioether (sulfide) groups is 1. The van der Waals surface area contributed by atoms with Crippen LogP contribution < -0.4 is 5.32 Å². The van der Waals surface area contributed by atoms with Gasteiger partial charge in [-0.2, -0.15) is 0 Å². The number of carbonyl (C=O) groups excluding carboxylic acids is 1. The molecule has 1 aromatic rings. The first kappa shape index (κ1) is 17.5. The van der Waals surface area contributed by atoms with Crippen LogP contribution in [0.4, 0.5) is 0 Å². The third-order valence-corrected chi connectivity index (χ3v) is 3.67. The fourth-order valence-corrected chi connectivity index (χ4v) is 2.43. The molecule has 0 bridgehead atoms. The van der Waals surface area contributed by atoms with Crippen LogP contribution in [0.5, 0.6) is 0 Å². The summed E-state index contributed by atoms with van der Waals surface area (Å²) < 4.78 is 6.64. The Labute approximate surface area is 128 Å². The molecule has 0 radical (unpaired) electrons. The number of carboxylic acid groups (broad SMARTS) is 1. The molecule has 21 heavy (non-hydrogen) atoms. The number of carboxylic acids is 1. The highest BCUT2D eigenvalue weighted by molar-refractivity contribution is 7.99. The lowest BCUT2D eigenvalue weighted by molar-refractivity contribution is -0.133. The Balaban J connectivity index is 2.78. The molecule has 118 valence electrons. The van der Waals surface area contributed by atoms with Gasteiger partial charge in [-0.3, -0.25) is 9.59 Å². The van der Waals surface area contributed by atoms with Crippen molar-refractivity contribution in [1.29, 1.82) is 0 Å². The topological polar surface area (TPSA) is 93.5 Å². The molecule has 0 saturated carbocycles. The fourth-order valence-electron chi connectivity index (χ4n) is 1.72. The van der Waals surface area contributed by atoms with Gasteiger partial charge in [0, 0.05) is 25.5 Å². The van der Waals surface area contributed by atoms with Crippen LogP contribution in [0.3, 0.4) is 0 Å². The van der Waals surface area contributed by atoms with Gasteiger partial charge in [-0.25, -0.2) is 4.98 Å². The molecule has 0 aromatic carbocycles. The van der Waals surface area contributed by atoms with Crippen LogP contribution in [0.25, 0.3) is 0 Å². The van der Waals surface area contributed by atoms with Gasteiger partial charge in [0.05, 0.1) is 12.4 Å². The summed E-state index contributed by atoms with van der Waals surface area (Å²) in [5, 5.41) is 12.0. The van der Waals surface area contributed by atoms with Gasteiger partial charge in [0.1, 0.15) is 6.54 Å². The van der Waals surface area contributed by atoms with Crippen molar-refractivity contribution in [2.75, 3.05) is 26.0 Å². The standard InChI is InChI=1S/C13H21N3O4S/c1-9(2)10-6-15-13(21-8-12(18)19)16(10)7-11(17)14-4-5-20-3/h6,9H,4-5,7-8H2,1-3H3,(H,14,17)(H,18,19). The van der Waals surface area contributed by atoms with E-state index in [1.54, 1.807) is 17.9 Å². The van der Waals surface area contributed by atoms with Gasteiger partial charge < -0.3 is 19.7 Å². The van der Waals surface area contributed by atoms with Gasteiger partial charge >= 0.3 is 5.97 Å². The van der Waals surface area contributed by atoms with Crippen molar-refractivity contribution in [2.45, 2.75) is 31.5 Å². The predicted molar refractivity (Wildman–Crippen MR) is 79.6 cm³/mol. The van der Waals surface area contributed by atoms with Crippen molar-refractivity contribution in [3.63, 3.8) is 0 Å². The van der Waals surface area contributed by atoms with Crippen LogP contribution in [-0.4, -0.2) is 52.5 Å². The maximum Gasteiger partial charge on any atom is 0.313 e. The van der Waals surface area contributed by atoms with E-state index in [4.69, 9.17) is 9.84 Å². The molecule has 7 nitrogen and oxygen atoms in total. The molecular formula is C13H21N3O4S. The van der Waals surface area contributed by atoms with E-state index in [0.29, 0.717) is 18.3 Å². The molecule has 1 aromatic heterocycles. The molecule has 2 N–H and O–H groups in total. The zero-order chi connectivity index (χ0) is 15.8.